The maximum absolute atomic E-state index is 12.5. The van der Waals surface area contributed by atoms with Crippen molar-refractivity contribution >= 4 is 46.7 Å². The van der Waals surface area contributed by atoms with Gasteiger partial charge in [0, 0.05) is 12.2 Å². The summed E-state index contributed by atoms with van der Waals surface area (Å²) >= 11 is 12.0. The van der Waals surface area contributed by atoms with Crippen LogP contribution in [0.1, 0.15) is 29.3 Å². The van der Waals surface area contributed by atoms with E-state index >= 15 is 0 Å². The molecule has 0 saturated carbocycles. The molecular formula is C21H22Cl2N2O4. The lowest BCUT2D eigenvalue weighted by Crippen LogP contribution is -2.40. The third kappa shape index (κ3) is 6.48. The van der Waals surface area contributed by atoms with E-state index in [1.165, 1.54) is 17.0 Å². The van der Waals surface area contributed by atoms with Crippen LogP contribution in [0.15, 0.2) is 42.5 Å². The number of nitrogens with zero attached hydrogens (tertiary/aromatic N) is 1. The largest absolute Gasteiger partial charge is 0.452 e. The van der Waals surface area contributed by atoms with Crippen LogP contribution in [0.3, 0.4) is 0 Å². The van der Waals surface area contributed by atoms with E-state index in [0.717, 1.165) is 5.56 Å². The molecule has 29 heavy (non-hydrogen) atoms. The number of amides is 2. The smallest absolute Gasteiger partial charge is 0.341 e. The number of nitrogens with one attached hydrogen (secondary N) is 1. The van der Waals surface area contributed by atoms with Crippen LogP contribution in [0, 0.1) is 6.92 Å². The fraction of sp³-hybridized carbons (Fsp3) is 0.286. The number of anilines is 1. The first-order chi connectivity index (χ1) is 13.8. The quantitative estimate of drug-likeness (QED) is 0.624. The Kier molecular flexibility index (Phi) is 8.49. The minimum atomic E-state index is -0.797. The molecule has 0 aliphatic heterocycles. The van der Waals surface area contributed by atoms with Crippen molar-refractivity contribution in [2.75, 3.05) is 25.0 Å². The van der Waals surface area contributed by atoms with Crippen LogP contribution >= 0.6 is 23.2 Å². The molecule has 1 N–H and O–H groups in total. The molecule has 0 fully saturated rings. The van der Waals surface area contributed by atoms with E-state index in [2.05, 4.69) is 5.32 Å². The summed E-state index contributed by atoms with van der Waals surface area (Å²) in [6, 6.07) is 12.0. The van der Waals surface area contributed by atoms with E-state index in [1.807, 2.05) is 32.0 Å². The normalized spacial score (nSPS) is 10.3. The van der Waals surface area contributed by atoms with Gasteiger partial charge in [-0.25, -0.2) is 4.79 Å². The van der Waals surface area contributed by atoms with Crippen molar-refractivity contribution in [1.82, 2.24) is 4.90 Å². The van der Waals surface area contributed by atoms with Crippen molar-refractivity contribution in [3.63, 3.8) is 0 Å². The molecule has 2 aromatic carbocycles. The SMILES string of the molecule is CCCN(CC(=O)Nc1ccccc1C)C(=O)COC(=O)c1c(Cl)cccc1Cl. The lowest BCUT2D eigenvalue weighted by atomic mass is 10.2. The number of benzene rings is 2. The molecule has 0 heterocycles. The Morgan fingerprint density at radius 1 is 1.03 bits per heavy atom. The van der Waals surface area contributed by atoms with Crippen LogP contribution in [0.4, 0.5) is 5.69 Å². The molecule has 0 aliphatic carbocycles. The zero-order valence-corrected chi connectivity index (χ0v) is 17.7. The number of ether oxygens (including phenoxy) is 1. The van der Waals surface area contributed by atoms with Crippen molar-refractivity contribution < 1.29 is 19.1 Å². The maximum atomic E-state index is 12.5. The first-order valence-electron chi connectivity index (χ1n) is 9.07. The van der Waals surface area contributed by atoms with Gasteiger partial charge >= 0.3 is 5.97 Å². The number of para-hydroxylation sites is 1. The number of carbonyl (C=O) groups excluding carboxylic acids is 3. The van der Waals surface area contributed by atoms with Gasteiger partial charge in [-0.05, 0) is 37.1 Å². The number of carbonyl (C=O) groups is 3. The topological polar surface area (TPSA) is 75.7 Å². The third-order valence-corrected chi connectivity index (χ3v) is 4.72. The minimum Gasteiger partial charge on any atom is -0.452 e. The monoisotopic (exact) mass is 436 g/mol. The standard InChI is InChI=1S/C21H22Cl2N2O4/c1-3-11-25(12-18(26)24-17-10-5-4-7-14(17)2)19(27)13-29-21(28)20-15(22)8-6-9-16(20)23/h4-10H,3,11-13H2,1-2H3,(H,24,26). The van der Waals surface area contributed by atoms with Gasteiger partial charge in [0.05, 0.1) is 22.2 Å². The fourth-order valence-electron chi connectivity index (χ4n) is 2.62. The zero-order chi connectivity index (χ0) is 21.4. The minimum absolute atomic E-state index is 0.00275. The number of hydrogen-bond acceptors (Lipinski definition) is 4. The average Bonchev–Trinajstić information content (AvgIpc) is 2.67. The van der Waals surface area contributed by atoms with Gasteiger partial charge < -0.3 is 15.0 Å². The molecule has 0 radical (unpaired) electrons. The molecule has 154 valence electrons. The Labute approximate surface area is 179 Å². The van der Waals surface area contributed by atoms with Crippen molar-refractivity contribution in [1.29, 1.82) is 0 Å². The Morgan fingerprint density at radius 3 is 2.31 bits per heavy atom. The average molecular weight is 437 g/mol. The summed E-state index contributed by atoms with van der Waals surface area (Å²) in [7, 11) is 0. The summed E-state index contributed by atoms with van der Waals surface area (Å²) in [6.45, 7) is 3.45. The highest BCUT2D eigenvalue weighted by molar-refractivity contribution is 6.39. The second kappa shape index (κ2) is 10.8. The van der Waals surface area contributed by atoms with Crippen molar-refractivity contribution in [3.8, 4) is 0 Å². The van der Waals surface area contributed by atoms with Crippen molar-refractivity contribution in [2.24, 2.45) is 0 Å². The molecule has 2 rings (SSSR count). The van der Waals surface area contributed by atoms with Crippen LogP contribution in [-0.2, 0) is 14.3 Å². The molecule has 8 heteroatoms. The maximum Gasteiger partial charge on any atom is 0.341 e. The molecule has 0 atom stereocenters. The summed E-state index contributed by atoms with van der Waals surface area (Å²) < 4.78 is 5.07. The first-order valence-corrected chi connectivity index (χ1v) is 9.83. The molecule has 2 amide bonds. The zero-order valence-electron chi connectivity index (χ0n) is 16.2. The van der Waals surface area contributed by atoms with Gasteiger partial charge in [0.2, 0.25) is 5.91 Å². The van der Waals surface area contributed by atoms with Crippen molar-refractivity contribution in [3.05, 3.63) is 63.6 Å². The van der Waals surface area contributed by atoms with Crippen LogP contribution in [0.2, 0.25) is 10.0 Å². The van der Waals surface area contributed by atoms with Gasteiger partial charge in [0.1, 0.15) is 0 Å². The van der Waals surface area contributed by atoms with E-state index in [9.17, 15) is 14.4 Å². The van der Waals surface area contributed by atoms with Crippen LogP contribution in [0.5, 0.6) is 0 Å². The van der Waals surface area contributed by atoms with Crippen LogP contribution in [-0.4, -0.2) is 42.4 Å². The van der Waals surface area contributed by atoms with Gasteiger partial charge in [-0.3, -0.25) is 9.59 Å². The lowest BCUT2D eigenvalue weighted by Gasteiger charge is -2.22. The Morgan fingerprint density at radius 2 is 1.69 bits per heavy atom. The van der Waals surface area contributed by atoms with Gasteiger partial charge in [-0.15, -0.1) is 0 Å². The second-order valence-corrected chi connectivity index (χ2v) is 7.17. The summed E-state index contributed by atoms with van der Waals surface area (Å²) in [4.78, 5) is 38.4. The summed E-state index contributed by atoms with van der Waals surface area (Å²) in [6.07, 6.45) is 0.647. The predicted molar refractivity (Wildman–Crippen MR) is 113 cm³/mol. The van der Waals surface area contributed by atoms with E-state index in [1.54, 1.807) is 12.1 Å². The molecule has 2 aromatic rings. The van der Waals surface area contributed by atoms with Crippen molar-refractivity contribution in [2.45, 2.75) is 20.3 Å². The first kappa shape index (κ1) is 22.7. The van der Waals surface area contributed by atoms with E-state index < -0.39 is 18.5 Å². The Hall–Kier alpha value is -2.57. The summed E-state index contributed by atoms with van der Waals surface area (Å²) in [5.74, 6) is -1.61. The predicted octanol–water partition coefficient (Wildman–Crippen LogP) is 4.34. The molecule has 0 aliphatic rings. The van der Waals surface area contributed by atoms with Gasteiger partial charge in [0.25, 0.3) is 5.91 Å². The van der Waals surface area contributed by atoms with Crippen LogP contribution in [0.25, 0.3) is 0 Å². The second-order valence-electron chi connectivity index (χ2n) is 6.35. The molecule has 0 aromatic heterocycles. The molecule has 0 bridgehead atoms. The molecule has 6 nitrogen and oxygen atoms in total. The van der Waals surface area contributed by atoms with Gasteiger partial charge in [0.15, 0.2) is 6.61 Å². The number of hydrogen-bond donors (Lipinski definition) is 1. The highest BCUT2D eigenvalue weighted by atomic mass is 35.5. The number of halogens is 2. The summed E-state index contributed by atoms with van der Waals surface area (Å²) in [5.41, 5.74) is 1.60. The molecule has 0 spiro atoms. The molecule has 0 unspecified atom stereocenters. The van der Waals surface area contributed by atoms with Crippen LogP contribution < -0.4 is 5.32 Å². The molecular weight excluding hydrogens is 415 g/mol. The Balaban J connectivity index is 1.97. The highest BCUT2D eigenvalue weighted by Gasteiger charge is 2.21. The third-order valence-electron chi connectivity index (χ3n) is 4.09. The summed E-state index contributed by atoms with van der Waals surface area (Å²) in [5, 5.41) is 3.06. The number of rotatable bonds is 8. The number of aryl methyl sites for hydroxylation is 1. The molecule has 0 saturated heterocycles. The van der Waals surface area contributed by atoms with E-state index in [0.29, 0.717) is 18.7 Å². The van der Waals surface area contributed by atoms with Gasteiger partial charge in [-0.2, -0.15) is 0 Å². The van der Waals surface area contributed by atoms with E-state index in [-0.39, 0.29) is 28.1 Å². The Bertz CT molecular complexity index is 882. The fourth-order valence-corrected chi connectivity index (χ4v) is 3.17. The van der Waals surface area contributed by atoms with Gasteiger partial charge in [-0.1, -0.05) is 54.4 Å². The van der Waals surface area contributed by atoms with E-state index in [4.69, 9.17) is 27.9 Å². The highest BCUT2D eigenvalue weighted by Crippen LogP contribution is 2.25. The number of esters is 1. The lowest BCUT2D eigenvalue weighted by molar-refractivity contribution is -0.137.